The molecule has 160 valence electrons. The molecule has 0 aliphatic heterocycles. The third-order valence-electron chi connectivity index (χ3n) is 4.78. The maximum absolute atomic E-state index is 13.4. The van der Waals surface area contributed by atoms with Gasteiger partial charge in [-0.1, -0.05) is 30.3 Å². The number of hydrogen-bond acceptors (Lipinski definition) is 3. The van der Waals surface area contributed by atoms with Gasteiger partial charge in [-0.3, -0.25) is 9.59 Å². The lowest BCUT2D eigenvalue weighted by molar-refractivity contribution is -0.120. The first-order valence-electron chi connectivity index (χ1n) is 10.1. The van der Waals surface area contributed by atoms with E-state index in [9.17, 15) is 14.0 Å². The second-order valence-electron chi connectivity index (χ2n) is 7.05. The first-order chi connectivity index (χ1) is 15.0. The average molecular weight is 420 g/mol. The topological polar surface area (TPSA) is 58.6 Å². The summed E-state index contributed by atoms with van der Waals surface area (Å²) in [5.74, 6) is -0.0573. The van der Waals surface area contributed by atoms with Crippen molar-refractivity contribution in [3.63, 3.8) is 0 Å². The SMILES string of the molecule is CCNC(=O)Cc1cccc(N(Cc2ccc(F)cc2)C(=O)c2cccc(OC)c2)c1. The number of amides is 2. The number of carbonyl (C=O) groups is 2. The molecule has 0 spiro atoms. The molecule has 6 heteroatoms. The molecule has 3 aromatic rings. The average Bonchev–Trinajstić information content (AvgIpc) is 2.78. The van der Waals surface area contributed by atoms with Crippen molar-refractivity contribution in [3.8, 4) is 5.75 Å². The molecule has 0 radical (unpaired) electrons. The van der Waals surface area contributed by atoms with Crippen LogP contribution in [0.15, 0.2) is 72.8 Å². The minimum absolute atomic E-state index is 0.0798. The van der Waals surface area contributed by atoms with E-state index in [2.05, 4.69) is 5.32 Å². The standard InChI is InChI=1S/C25H25FN2O3/c1-3-27-24(29)15-19-6-4-8-22(14-19)28(17-18-10-12-21(26)13-11-18)25(30)20-7-5-9-23(16-20)31-2/h4-14,16H,3,15,17H2,1-2H3,(H,27,29). The van der Waals surface area contributed by atoms with E-state index in [0.717, 1.165) is 11.1 Å². The lowest BCUT2D eigenvalue weighted by Crippen LogP contribution is -2.30. The molecule has 3 rings (SSSR count). The summed E-state index contributed by atoms with van der Waals surface area (Å²) in [6.45, 7) is 2.68. The number of rotatable bonds is 8. The molecule has 0 aromatic heterocycles. The fourth-order valence-corrected chi connectivity index (χ4v) is 3.24. The third-order valence-corrected chi connectivity index (χ3v) is 4.78. The Hall–Kier alpha value is -3.67. The number of methoxy groups -OCH3 is 1. The summed E-state index contributed by atoms with van der Waals surface area (Å²) in [6, 6.07) is 20.3. The summed E-state index contributed by atoms with van der Waals surface area (Å²) in [7, 11) is 1.55. The van der Waals surface area contributed by atoms with Crippen molar-refractivity contribution in [2.75, 3.05) is 18.6 Å². The smallest absolute Gasteiger partial charge is 0.258 e. The van der Waals surface area contributed by atoms with E-state index in [1.165, 1.54) is 12.1 Å². The fourth-order valence-electron chi connectivity index (χ4n) is 3.24. The van der Waals surface area contributed by atoms with Crippen LogP contribution in [0.1, 0.15) is 28.4 Å². The van der Waals surface area contributed by atoms with Crippen LogP contribution in [0.2, 0.25) is 0 Å². The van der Waals surface area contributed by atoms with Gasteiger partial charge in [-0.15, -0.1) is 0 Å². The van der Waals surface area contributed by atoms with Crippen molar-refractivity contribution in [2.24, 2.45) is 0 Å². The number of halogens is 1. The highest BCUT2D eigenvalue weighted by molar-refractivity contribution is 6.06. The number of likely N-dealkylation sites (N-methyl/N-ethyl adjacent to an activating group) is 1. The first-order valence-corrected chi connectivity index (χ1v) is 10.1. The van der Waals surface area contributed by atoms with Crippen molar-refractivity contribution in [1.29, 1.82) is 0 Å². The van der Waals surface area contributed by atoms with Crippen LogP contribution >= 0.6 is 0 Å². The lowest BCUT2D eigenvalue weighted by Gasteiger charge is -2.24. The van der Waals surface area contributed by atoms with Crippen molar-refractivity contribution in [1.82, 2.24) is 5.32 Å². The van der Waals surface area contributed by atoms with Crippen LogP contribution in [0.5, 0.6) is 5.75 Å². The fraction of sp³-hybridized carbons (Fsp3) is 0.200. The number of nitrogens with one attached hydrogen (secondary N) is 1. The van der Waals surface area contributed by atoms with Crippen LogP contribution in [-0.2, 0) is 17.8 Å². The number of nitrogens with zero attached hydrogens (tertiary/aromatic N) is 1. The Balaban J connectivity index is 1.96. The molecule has 3 aromatic carbocycles. The van der Waals surface area contributed by atoms with Crippen molar-refractivity contribution in [3.05, 3.63) is 95.3 Å². The van der Waals surface area contributed by atoms with E-state index in [0.29, 0.717) is 23.5 Å². The molecule has 0 saturated carbocycles. The molecule has 0 saturated heterocycles. The Morgan fingerprint density at radius 2 is 1.71 bits per heavy atom. The highest BCUT2D eigenvalue weighted by Crippen LogP contribution is 2.24. The number of anilines is 1. The summed E-state index contributed by atoms with van der Waals surface area (Å²) >= 11 is 0. The predicted octanol–water partition coefficient (Wildman–Crippen LogP) is 4.36. The number of carbonyl (C=O) groups excluding carboxylic acids is 2. The van der Waals surface area contributed by atoms with Gasteiger partial charge in [0, 0.05) is 17.8 Å². The first kappa shape index (κ1) is 22.0. The van der Waals surface area contributed by atoms with Gasteiger partial charge in [0.1, 0.15) is 11.6 Å². The summed E-state index contributed by atoms with van der Waals surface area (Å²) in [6.07, 6.45) is 0.222. The van der Waals surface area contributed by atoms with Gasteiger partial charge in [0.15, 0.2) is 0 Å². The molecule has 0 aliphatic carbocycles. The van der Waals surface area contributed by atoms with Crippen molar-refractivity contribution < 1.29 is 18.7 Å². The van der Waals surface area contributed by atoms with Crippen LogP contribution in [-0.4, -0.2) is 25.5 Å². The quantitative estimate of drug-likeness (QED) is 0.589. The molecular weight excluding hydrogens is 395 g/mol. The van der Waals surface area contributed by atoms with Crippen LogP contribution in [0.4, 0.5) is 10.1 Å². The molecule has 0 aliphatic rings. The Morgan fingerprint density at radius 3 is 2.42 bits per heavy atom. The molecule has 0 fully saturated rings. The van der Waals surface area contributed by atoms with Crippen LogP contribution < -0.4 is 15.0 Å². The monoisotopic (exact) mass is 420 g/mol. The Morgan fingerprint density at radius 1 is 0.968 bits per heavy atom. The Bertz CT molecular complexity index is 1050. The molecule has 5 nitrogen and oxygen atoms in total. The van der Waals surface area contributed by atoms with Gasteiger partial charge in [-0.25, -0.2) is 4.39 Å². The van der Waals surface area contributed by atoms with E-state index in [4.69, 9.17) is 4.74 Å². The zero-order valence-corrected chi connectivity index (χ0v) is 17.6. The van der Waals surface area contributed by atoms with E-state index in [1.54, 1.807) is 48.4 Å². The lowest BCUT2D eigenvalue weighted by atomic mass is 10.1. The van der Waals surface area contributed by atoms with Gasteiger partial charge >= 0.3 is 0 Å². The molecule has 0 atom stereocenters. The zero-order chi connectivity index (χ0) is 22.2. The molecule has 0 heterocycles. The van der Waals surface area contributed by atoms with E-state index in [1.807, 2.05) is 31.2 Å². The maximum atomic E-state index is 13.4. The van der Waals surface area contributed by atoms with Crippen LogP contribution in [0, 0.1) is 5.82 Å². The highest BCUT2D eigenvalue weighted by Gasteiger charge is 2.19. The van der Waals surface area contributed by atoms with Gasteiger partial charge in [-0.05, 0) is 60.5 Å². The maximum Gasteiger partial charge on any atom is 0.258 e. The Labute approximate surface area is 181 Å². The molecular formula is C25H25FN2O3. The minimum Gasteiger partial charge on any atom is -0.497 e. The summed E-state index contributed by atoms with van der Waals surface area (Å²) in [5.41, 5.74) is 2.70. The normalized spacial score (nSPS) is 10.4. The number of ether oxygens (including phenoxy) is 1. The molecule has 0 bridgehead atoms. The summed E-state index contributed by atoms with van der Waals surface area (Å²) in [5, 5.41) is 2.78. The molecule has 31 heavy (non-hydrogen) atoms. The number of benzene rings is 3. The predicted molar refractivity (Wildman–Crippen MR) is 119 cm³/mol. The molecule has 0 unspecified atom stereocenters. The zero-order valence-electron chi connectivity index (χ0n) is 17.6. The second-order valence-corrected chi connectivity index (χ2v) is 7.05. The van der Waals surface area contributed by atoms with Crippen LogP contribution in [0.25, 0.3) is 0 Å². The van der Waals surface area contributed by atoms with E-state index < -0.39 is 0 Å². The van der Waals surface area contributed by atoms with Gasteiger partial charge in [-0.2, -0.15) is 0 Å². The van der Waals surface area contributed by atoms with Crippen molar-refractivity contribution >= 4 is 17.5 Å². The van der Waals surface area contributed by atoms with E-state index >= 15 is 0 Å². The van der Waals surface area contributed by atoms with Crippen molar-refractivity contribution in [2.45, 2.75) is 19.9 Å². The van der Waals surface area contributed by atoms with Gasteiger partial charge < -0.3 is 15.0 Å². The van der Waals surface area contributed by atoms with Crippen LogP contribution in [0.3, 0.4) is 0 Å². The summed E-state index contributed by atoms with van der Waals surface area (Å²) < 4.78 is 18.6. The highest BCUT2D eigenvalue weighted by atomic mass is 19.1. The Kier molecular flexibility index (Phi) is 7.38. The molecule has 1 N–H and O–H groups in total. The van der Waals surface area contributed by atoms with E-state index in [-0.39, 0.29) is 30.6 Å². The largest absolute Gasteiger partial charge is 0.497 e. The second kappa shape index (κ2) is 10.4. The van der Waals surface area contributed by atoms with Gasteiger partial charge in [0.2, 0.25) is 5.91 Å². The number of hydrogen-bond donors (Lipinski definition) is 1. The van der Waals surface area contributed by atoms with Gasteiger partial charge in [0.05, 0.1) is 20.1 Å². The minimum atomic E-state index is -0.335. The molecule has 2 amide bonds. The summed E-state index contributed by atoms with van der Waals surface area (Å²) in [4.78, 5) is 27.1. The van der Waals surface area contributed by atoms with Gasteiger partial charge in [0.25, 0.3) is 5.91 Å². The third kappa shape index (κ3) is 5.92.